The summed E-state index contributed by atoms with van der Waals surface area (Å²) in [5, 5.41) is 12.2. The van der Waals surface area contributed by atoms with E-state index in [2.05, 4.69) is 115 Å². The zero-order chi connectivity index (χ0) is 28.3. The molecular formula is C33H50INO2Si. The van der Waals surface area contributed by atoms with Crippen LogP contribution in [0.1, 0.15) is 139 Å². The maximum Gasteiger partial charge on any atom is 0.192 e. The average Bonchev–Trinajstić information content (AvgIpc) is 3.30. The Morgan fingerprint density at radius 2 is 1.71 bits per heavy atom. The van der Waals surface area contributed by atoms with E-state index in [1.54, 1.807) is 0 Å². The molecule has 38 heavy (non-hydrogen) atoms. The molecule has 0 amide bonds. The Kier molecular flexibility index (Phi) is 8.40. The third-order valence-corrected chi connectivity index (χ3v) is 15.0. The summed E-state index contributed by atoms with van der Waals surface area (Å²) in [6.07, 6.45) is 6.09. The van der Waals surface area contributed by atoms with Gasteiger partial charge in [-0.2, -0.15) is 0 Å². The SMILES string of the molecule is CC1(C)Cc2nc(C3CCCC3)c(C(O)c3cccc(C(C)(C)C)c3)c(I)c2C(O[Si](C)(C)C(C)(C)C)C1. The number of aromatic nitrogens is 1. The molecule has 0 saturated heterocycles. The molecule has 2 aromatic rings. The van der Waals surface area contributed by atoms with Crippen molar-refractivity contribution in [3.63, 3.8) is 0 Å². The molecule has 2 aliphatic rings. The van der Waals surface area contributed by atoms with E-state index in [0.29, 0.717) is 5.92 Å². The number of aliphatic hydroxyl groups excluding tert-OH is 1. The van der Waals surface area contributed by atoms with Gasteiger partial charge in [0.15, 0.2) is 8.32 Å². The standard InChI is InChI=1S/C33H50INO2Si/c1-31(2,3)23-17-13-16-22(18-23)30(36)27-28(34)26-24(35-29(27)21-14-11-12-15-21)19-33(7,8)20-25(26)37-38(9,10)32(4,5)6/h13,16-18,21,25,30,36H,11-12,14-15,19-20H2,1-10H3. The fourth-order valence-electron chi connectivity index (χ4n) is 5.99. The van der Waals surface area contributed by atoms with Crippen LogP contribution in [0.5, 0.6) is 0 Å². The van der Waals surface area contributed by atoms with Gasteiger partial charge >= 0.3 is 0 Å². The number of rotatable bonds is 5. The molecule has 0 radical (unpaired) electrons. The topological polar surface area (TPSA) is 42.4 Å². The Morgan fingerprint density at radius 3 is 2.29 bits per heavy atom. The quantitative estimate of drug-likeness (QED) is 0.260. The van der Waals surface area contributed by atoms with Crippen molar-refractivity contribution < 1.29 is 9.53 Å². The first kappa shape index (κ1) is 30.2. The number of pyridine rings is 1. The Bertz CT molecular complexity index is 1170. The summed E-state index contributed by atoms with van der Waals surface area (Å²) in [6.45, 7) is 23.1. The summed E-state index contributed by atoms with van der Waals surface area (Å²) in [4.78, 5) is 5.48. The van der Waals surface area contributed by atoms with Crippen molar-refractivity contribution >= 4 is 30.9 Å². The fourth-order valence-corrected chi connectivity index (χ4v) is 8.48. The predicted molar refractivity (Wildman–Crippen MR) is 170 cm³/mol. The van der Waals surface area contributed by atoms with Crippen molar-refractivity contribution in [2.24, 2.45) is 5.41 Å². The van der Waals surface area contributed by atoms with Crippen LogP contribution < -0.4 is 0 Å². The van der Waals surface area contributed by atoms with E-state index >= 15 is 0 Å². The van der Waals surface area contributed by atoms with E-state index < -0.39 is 14.4 Å². The molecule has 210 valence electrons. The third kappa shape index (κ3) is 6.11. The average molecular weight is 648 g/mol. The lowest BCUT2D eigenvalue weighted by atomic mass is 9.74. The Labute approximate surface area is 246 Å². The molecule has 1 fully saturated rings. The van der Waals surface area contributed by atoms with Crippen LogP contribution in [-0.2, 0) is 16.3 Å². The molecule has 2 atom stereocenters. The summed E-state index contributed by atoms with van der Waals surface area (Å²) in [6, 6.07) is 8.56. The second kappa shape index (κ2) is 10.6. The van der Waals surface area contributed by atoms with Crippen molar-refractivity contribution in [2.45, 2.75) is 136 Å². The molecule has 4 rings (SSSR count). The molecule has 1 aromatic heterocycles. The van der Waals surface area contributed by atoms with E-state index in [9.17, 15) is 5.11 Å². The van der Waals surface area contributed by atoms with Gasteiger partial charge in [-0.3, -0.25) is 4.98 Å². The Hall–Kier alpha value is -0.763. The van der Waals surface area contributed by atoms with Crippen LogP contribution in [0.25, 0.3) is 0 Å². The van der Waals surface area contributed by atoms with E-state index in [4.69, 9.17) is 9.41 Å². The normalized spacial score (nSPS) is 21.4. The lowest BCUT2D eigenvalue weighted by molar-refractivity contribution is 0.104. The molecule has 0 bridgehead atoms. The number of benzene rings is 1. The second-order valence-corrected chi connectivity index (χ2v) is 21.1. The molecule has 5 heteroatoms. The van der Waals surface area contributed by atoms with E-state index in [1.807, 2.05) is 0 Å². The van der Waals surface area contributed by atoms with Crippen LogP contribution in [0.3, 0.4) is 0 Å². The van der Waals surface area contributed by atoms with Crippen molar-refractivity contribution in [3.05, 3.63) is 61.5 Å². The molecule has 0 aliphatic heterocycles. The molecule has 2 unspecified atom stereocenters. The summed E-state index contributed by atoms with van der Waals surface area (Å²) in [7, 11) is -2.02. The maximum atomic E-state index is 12.1. The molecule has 1 N–H and O–H groups in total. The first-order valence-electron chi connectivity index (χ1n) is 14.6. The van der Waals surface area contributed by atoms with Gasteiger partial charge in [-0.25, -0.2) is 0 Å². The zero-order valence-corrected chi connectivity index (χ0v) is 28.6. The van der Waals surface area contributed by atoms with Crippen molar-refractivity contribution in [2.75, 3.05) is 0 Å². The van der Waals surface area contributed by atoms with Crippen LogP contribution in [0.2, 0.25) is 18.1 Å². The smallest absolute Gasteiger partial charge is 0.192 e. The van der Waals surface area contributed by atoms with Gasteiger partial charge in [-0.05, 0) is 88.4 Å². The molecule has 2 aliphatic carbocycles. The van der Waals surface area contributed by atoms with Gasteiger partial charge < -0.3 is 9.53 Å². The minimum absolute atomic E-state index is 0.0125. The number of aliphatic hydroxyl groups is 1. The molecule has 1 aromatic carbocycles. The van der Waals surface area contributed by atoms with Gasteiger partial charge in [-0.15, -0.1) is 0 Å². The van der Waals surface area contributed by atoms with Gasteiger partial charge in [0.2, 0.25) is 0 Å². The second-order valence-electron chi connectivity index (χ2n) is 15.3. The van der Waals surface area contributed by atoms with Crippen LogP contribution in [0.4, 0.5) is 0 Å². The number of hydrogen-bond acceptors (Lipinski definition) is 3. The van der Waals surface area contributed by atoms with Crippen LogP contribution in [-0.4, -0.2) is 18.4 Å². The molecule has 1 saturated carbocycles. The van der Waals surface area contributed by atoms with Crippen molar-refractivity contribution in [1.29, 1.82) is 0 Å². The van der Waals surface area contributed by atoms with E-state index in [1.165, 1.54) is 33.2 Å². The highest BCUT2D eigenvalue weighted by Crippen LogP contribution is 2.51. The van der Waals surface area contributed by atoms with Crippen LogP contribution >= 0.6 is 22.6 Å². The van der Waals surface area contributed by atoms with Gasteiger partial charge in [0.25, 0.3) is 0 Å². The first-order valence-corrected chi connectivity index (χ1v) is 18.6. The third-order valence-electron chi connectivity index (χ3n) is 9.35. The summed E-state index contributed by atoms with van der Waals surface area (Å²) in [5.41, 5.74) is 7.00. The molecule has 3 nitrogen and oxygen atoms in total. The number of nitrogens with zero attached hydrogens (tertiary/aromatic N) is 1. The minimum Gasteiger partial charge on any atom is -0.410 e. The highest BCUT2D eigenvalue weighted by molar-refractivity contribution is 14.1. The lowest BCUT2D eigenvalue weighted by Crippen LogP contribution is -2.44. The predicted octanol–water partition coefficient (Wildman–Crippen LogP) is 9.76. The summed E-state index contributed by atoms with van der Waals surface area (Å²) >= 11 is 2.54. The highest BCUT2D eigenvalue weighted by atomic mass is 127. The molecule has 1 heterocycles. The Balaban J connectivity index is 1.90. The number of hydrogen-bond donors (Lipinski definition) is 1. The molecule has 0 spiro atoms. The fraction of sp³-hybridized carbons (Fsp3) is 0.667. The maximum absolute atomic E-state index is 12.1. The van der Waals surface area contributed by atoms with Crippen LogP contribution in [0.15, 0.2) is 24.3 Å². The lowest BCUT2D eigenvalue weighted by Gasteiger charge is -2.44. The first-order chi connectivity index (χ1) is 17.4. The Morgan fingerprint density at radius 1 is 1.08 bits per heavy atom. The van der Waals surface area contributed by atoms with Gasteiger partial charge in [-0.1, -0.05) is 92.5 Å². The van der Waals surface area contributed by atoms with Crippen molar-refractivity contribution in [1.82, 2.24) is 4.98 Å². The highest BCUT2D eigenvalue weighted by Gasteiger charge is 2.45. The van der Waals surface area contributed by atoms with E-state index in [-0.39, 0.29) is 22.0 Å². The summed E-state index contributed by atoms with van der Waals surface area (Å²) < 4.78 is 8.35. The van der Waals surface area contributed by atoms with E-state index in [0.717, 1.165) is 42.5 Å². The minimum atomic E-state index is -2.02. The number of halogens is 1. The molecular weight excluding hydrogens is 597 g/mol. The monoisotopic (exact) mass is 647 g/mol. The van der Waals surface area contributed by atoms with Gasteiger partial charge in [0, 0.05) is 26.3 Å². The summed E-state index contributed by atoms with van der Waals surface area (Å²) in [5.74, 6) is 0.425. The number of fused-ring (bicyclic) bond motifs is 1. The van der Waals surface area contributed by atoms with Crippen LogP contribution in [0, 0.1) is 8.99 Å². The largest absolute Gasteiger partial charge is 0.410 e. The van der Waals surface area contributed by atoms with Gasteiger partial charge in [0.1, 0.15) is 6.10 Å². The van der Waals surface area contributed by atoms with Crippen molar-refractivity contribution in [3.8, 4) is 0 Å². The van der Waals surface area contributed by atoms with Gasteiger partial charge in [0.05, 0.1) is 11.8 Å². The zero-order valence-electron chi connectivity index (χ0n) is 25.5.